The van der Waals surface area contributed by atoms with E-state index in [0.717, 1.165) is 0 Å². The fourth-order valence-electron chi connectivity index (χ4n) is 4.91. The molecule has 0 heterocycles. The van der Waals surface area contributed by atoms with E-state index in [1.54, 1.807) is 11.1 Å². The van der Waals surface area contributed by atoms with Crippen LogP contribution in [0, 0.1) is 13.8 Å². The van der Waals surface area contributed by atoms with Crippen LogP contribution in [0.25, 0.3) is 32.3 Å². The summed E-state index contributed by atoms with van der Waals surface area (Å²) < 4.78 is 0. The second-order valence-corrected chi connectivity index (χ2v) is 8.59. The summed E-state index contributed by atoms with van der Waals surface area (Å²) in [6.07, 6.45) is 5.22. The monoisotopic (exact) mass is 388 g/mol. The molecule has 0 saturated carbocycles. The second kappa shape index (κ2) is 7.95. The van der Waals surface area contributed by atoms with E-state index >= 15 is 0 Å². The maximum Gasteiger partial charge on any atom is -0.0102 e. The van der Waals surface area contributed by atoms with Crippen LogP contribution in [0.3, 0.4) is 0 Å². The van der Waals surface area contributed by atoms with Crippen molar-refractivity contribution in [3.05, 3.63) is 107 Å². The first-order chi connectivity index (χ1) is 14.7. The van der Waals surface area contributed by atoms with Crippen LogP contribution in [0.2, 0.25) is 0 Å². The molecule has 0 aliphatic heterocycles. The Balaban J connectivity index is 0.000000140. The molecule has 0 atom stereocenters. The molecule has 0 saturated heterocycles. The Kier molecular flexibility index (Phi) is 5.01. The van der Waals surface area contributed by atoms with Crippen LogP contribution < -0.4 is 0 Å². The van der Waals surface area contributed by atoms with Gasteiger partial charge in [0.25, 0.3) is 0 Å². The van der Waals surface area contributed by atoms with Crippen molar-refractivity contribution in [2.45, 2.75) is 39.5 Å². The minimum atomic E-state index is 1.25. The number of hydrogen-bond donors (Lipinski definition) is 0. The van der Waals surface area contributed by atoms with Gasteiger partial charge in [-0.2, -0.15) is 0 Å². The molecule has 6 rings (SSSR count). The quantitative estimate of drug-likeness (QED) is 0.234. The van der Waals surface area contributed by atoms with Crippen LogP contribution in [-0.2, 0) is 12.8 Å². The van der Waals surface area contributed by atoms with Crippen LogP contribution >= 0.6 is 0 Å². The molecule has 1 aliphatic carbocycles. The Morgan fingerprint density at radius 3 is 2.23 bits per heavy atom. The van der Waals surface area contributed by atoms with Gasteiger partial charge in [0.05, 0.1) is 0 Å². The van der Waals surface area contributed by atoms with Gasteiger partial charge in [0, 0.05) is 0 Å². The third kappa shape index (κ3) is 3.48. The van der Waals surface area contributed by atoms with Crippen LogP contribution in [0.4, 0.5) is 0 Å². The maximum absolute atomic E-state index is 2.35. The molecule has 0 fully saturated rings. The Morgan fingerprint density at radius 1 is 0.533 bits per heavy atom. The first-order valence-corrected chi connectivity index (χ1v) is 11.1. The van der Waals surface area contributed by atoms with E-state index in [-0.39, 0.29) is 0 Å². The van der Waals surface area contributed by atoms with Crippen LogP contribution in [0.1, 0.15) is 35.1 Å². The highest BCUT2D eigenvalue weighted by Crippen LogP contribution is 2.33. The van der Waals surface area contributed by atoms with Crippen molar-refractivity contribution >= 4 is 32.3 Å². The maximum atomic E-state index is 2.35. The first kappa shape index (κ1) is 18.9. The number of rotatable bonds is 0. The lowest BCUT2D eigenvalue weighted by Crippen LogP contribution is -2.02. The highest BCUT2D eigenvalue weighted by molar-refractivity contribution is 6.08. The van der Waals surface area contributed by atoms with E-state index in [1.165, 1.54) is 69.1 Å². The van der Waals surface area contributed by atoms with Gasteiger partial charge in [-0.1, -0.05) is 90.5 Å². The molecule has 0 unspecified atom stereocenters. The van der Waals surface area contributed by atoms with E-state index in [4.69, 9.17) is 0 Å². The van der Waals surface area contributed by atoms with Gasteiger partial charge in [-0.15, -0.1) is 0 Å². The van der Waals surface area contributed by atoms with Gasteiger partial charge in [0.2, 0.25) is 0 Å². The standard InChI is InChI=1S/C18H16.C12H12/c1-3-7-15-13(5-1)9-11-18-16-8-4-2-6-14(16)10-12-17(15)18;1-9-6-7-12-10(2)4-3-5-11(12)8-9/h1,3,5,7,9-12H,2,4,6,8H2;3-8H,1-2H3. The van der Waals surface area contributed by atoms with Crippen molar-refractivity contribution in [2.75, 3.05) is 0 Å². The molecule has 30 heavy (non-hydrogen) atoms. The summed E-state index contributed by atoms with van der Waals surface area (Å²) in [5.41, 5.74) is 5.86. The summed E-state index contributed by atoms with van der Waals surface area (Å²) in [4.78, 5) is 0. The molecule has 148 valence electrons. The molecule has 0 radical (unpaired) electrons. The molecular weight excluding hydrogens is 360 g/mol. The molecule has 1 aliphatic rings. The summed E-state index contributed by atoms with van der Waals surface area (Å²) in [6.45, 7) is 4.28. The summed E-state index contributed by atoms with van der Waals surface area (Å²) in [6, 6.07) is 31.0. The molecular formula is C30H28. The summed E-state index contributed by atoms with van der Waals surface area (Å²) in [5, 5.41) is 8.35. The van der Waals surface area contributed by atoms with E-state index in [1.807, 2.05) is 0 Å². The highest BCUT2D eigenvalue weighted by Gasteiger charge is 2.13. The zero-order valence-corrected chi connectivity index (χ0v) is 17.9. The van der Waals surface area contributed by atoms with Gasteiger partial charge in [-0.3, -0.25) is 0 Å². The van der Waals surface area contributed by atoms with Crippen LogP contribution in [0.5, 0.6) is 0 Å². The molecule has 0 aromatic heterocycles. The Bertz CT molecular complexity index is 1360. The predicted octanol–water partition coefficient (Wildman–Crippen LogP) is 8.33. The third-order valence-corrected chi connectivity index (χ3v) is 6.51. The van der Waals surface area contributed by atoms with Gasteiger partial charge in [-0.25, -0.2) is 0 Å². The topological polar surface area (TPSA) is 0 Å². The zero-order valence-electron chi connectivity index (χ0n) is 17.9. The van der Waals surface area contributed by atoms with Gasteiger partial charge >= 0.3 is 0 Å². The lowest BCUT2D eigenvalue weighted by atomic mass is 9.86. The fourth-order valence-corrected chi connectivity index (χ4v) is 4.91. The lowest BCUT2D eigenvalue weighted by molar-refractivity contribution is 0.690. The molecule has 0 spiro atoms. The number of aryl methyl sites for hydroxylation is 4. The van der Waals surface area contributed by atoms with Gasteiger partial charge in [0.15, 0.2) is 0 Å². The minimum Gasteiger partial charge on any atom is -0.0616 e. The molecule has 5 aromatic rings. The summed E-state index contributed by atoms with van der Waals surface area (Å²) in [7, 11) is 0. The third-order valence-electron chi connectivity index (χ3n) is 6.51. The smallest absolute Gasteiger partial charge is 0.0102 e. The summed E-state index contributed by atoms with van der Waals surface area (Å²) in [5.74, 6) is 0. The SMILES string of the molecule is Cc1ccc2c(C)cccc2c1.c1ccc2c(c1)ccc1c3c(ccc12)CCCC3. The van der Waals surface area contributed by atoms with Crippen molar-refractivity contribution in [3.8, 4) is 0 Å². The van der Waals surface area contributed by atoms with E-state index in [0.29, 0.717) is 0 Å². The first-order valence-electron chi connectivity index (χ1n) is 11.1. The Morgan fingerprint density at radius 2 is 1.30 bits per heavy atom. The number of hydrogen-bond acceptors (Lipinski definition) is 0. The van der Waals surface area contributed by atoms with Crippen molar-refractivity contribution in [2.24, 2.45) is 0 Å². The average molecular weight is 389 g/mol. The van der Waals surface area contributed by atoms with Crippen molar-refractivity contribution in [1.29, 1.82) is 0 Å². The average Bonchev–Trinajstić information content (AvgIpc) is 2.79. The molecule has 5 aromatic carbocycles. The van der Waals surface area contributed by atoms with Crippen LogP contribution in [-0.4, -0.2) is 0 Å². The van der Waals surface area contributed by atoms with Crippen molar-refractivity contribution in [1.82, 2.24) is 0 Å². The molecule has 0 bridgehead atoms. The Labute approximate surface area is 179 Å². The lowest BCUT2D eigenvalue weighted by Gasteiger charge is -2.18. The second-order valence-electron chi connectivity index (χ2n) is 8.59. The van der Waals surface area contributed by atoms with E-state index < -0.39 is 0 Å². The van der Waals surface area contributed by atoms with Gasteiger partial charge < -0.3 is 0 Å². The molecule has 0 nitrogen and oxygen atoms in total. The predicted molar refractivity (Wildman–Crippen MR) is 132 cm³/mol. The highest BCUT2D eigenvalue weighted by atomic mass is 14.2. The largest absolute Gasteiger partial charge is 0.0616 e. The number of fused-ring (bicyclic) bond motifs is 6. The van der Waals surface area contributed by atoms with Crippen LogP contribution in [0.15, 0.2) is 84.9 Å². The van der Waals surface area contributed by atoms with Crippen molar-refractivity contribution < 1.29 is 0 Å². The molecule has 0 amide bonds. The normalized spacial score (nSPS) is 13.1. The minimum absolute atomic E-state index is 1.25. The van der Waals surface area contributed by atoms with Gasteiger partial charge in [0.1, 0.15) is 0 Å². The van der Waals surface area contributed by atoms with Crippen molar-refractivity contribution in [3.63, 3.8) is 0 Å². The molecule has 0 N–H and O–H groups in total. The number of benzene rings is 5. The summed E-state index contributed by atoms with van der Waals surface area (Å²) >= 11 is 0. The molecule has 0 heteroatoms. The zero-order chi connectivity index (χ0) is 20.5. The fraction of sp³-hybridized carbons (Fsp3) is 0.200. The van der Waals surface area contributed by atoms with Gasteiger partial charge in [-0.05, 0) is 88.5 Å². The Hall–Kier alpha value is -3.12. The van der Waals surface area contributed by atoms with E-state index in [9.17, 15) is 0 Å². The van der Waals surface area contributed by atoms with E-state index in [2.05, 4.69) is 98.8 Å².